The number of hydrogen-bond acceptors (Lipinski definition) is 2. The summed E-state index contributed by atoms with van der Waals surface area (Å²) in [5, 5.41) is 5.81. The van der Waals surface area contributed by atoms with Crippen molar-refractivity contribution >= 4 is 10.8 Å². The lowest BCUT2D eigenvalue weighted by molar-refractivity contribution is 0.467. The van der Waals surface area contributed by atoms with Crippen molar-refractivity contribution in [3.63, 3.8) is 0 Å². The van der Waals surface area contributed by atoms with Gasteiger partial charge in [-0.3, -0.25) is 4.98 Å². The Hall–Kier alpha value is -1.41. The van der Waals surface area contributed by atoms with Crippen LogP contribution < -0.4 is 5.32 Å². The van der Waals surface area contributed by atoms with Crippen LogP contribution >= 0.6 is 0 Å². The molecular weight excluding hydrogens is 208 g/mol. The minimum absolute atomic E-state index is 0.515. The van der Waals surface area contributed by atoms with Gasteiger partial charge >= 0.3 is 0 Å². The standard InChI is InChI=1S/C15H20N2/c1-11(8-16-3)12(2)15-10-17-9-13-6-4-5-7-14(13)15/h4-7,9-12,16H,8H2,1-3H3. The van der Waals surface area contributed by atoms with Crippen LogP contribution in [0.15, 0.2) is 36.7 Å². The SMILES string of the molecule is CNCC(C)C(C)c1cncc2ccccc12. The molecule has 17 heavy (non-hydrogen) atoms. The van der Waals surface area contributed by atoms with E-state index in [4.69, 9.17) is 0 Å². The molecule has 0 aliphatic rings. The maximum atomic E-state index is 4.36. The summed E-state index contributed by atoms with van der Waals surface area (Å²) in [6.45, 7) is 5.60. The van der Waals surface area contributed by atoms with E-state index < -0.39 is 0 Å². The van der Waals surface area contributed by atoms with Gasteiger partial charge in [0.1, 0.15) is 0 Å². The van der Waals surface area contributed by atoms with E-state index in [0.717, 1.165) is 6.54 Å². The molecule has 0 fully saturated rings. The molecule has 2 aromatic rings. The molecule has 1 aromatic carbocycles. The highest BCUT2D eigenvalue weighted by atomic mass is 14.8. The molecule has 2 nitrogen and oxygen atoms in total. The van der Waals surface area contributed by atoms with Gasteiger partial charge in [-0.15, -0.1) is 0 Å². The van der Waals surface area contributed by atoms with E-state index in [2.05, 4.69) is 48.4 Å². The third-order valence-electron chi connectivity index (χ3n) is 3.57. The van der Waals surface area contributed by atoms with E-state index in [1.807, 2.05) is 19.4 Å². The zero-order chi connectivity index (χ0) is 12.3. The topological polar surface area (TPSA) is 24.9 Å². The Morgan fingerprint density at radius 1 is 1.18 bits per heavy atom. The van der Waals surface area contributed by atoms with Crippen LogP contribution in [0, 0.1) is 5.92 Å². The second kappa shape index (κ2) is 5.28. The van der Waals surface area contributed by atoms with Gasteiger partial charge in [0, 0.05) is 17.8 Å². The predicted octanol–water partition coefficient (Wildman–Crippen LogP) is 3.19. The largest absolute Gasteiger partial charge is 0.319 e. The normalized spacial score (nSPS) is 14.8. The third kappa shape index (κ3) is 2.47. The summed E-state index contributed by atoms with van der Waals surface area (Å²) in [4.78, 5) is 4.36. The van der Waals surface area contributed by atoms with Crippen molar-refractivity contribution in [2.24, 2.45) is 5.92 Å². The summed E-state index contributed by atoms with van der Waals surface area (Å²) < 4.78 is 0. The average Bonchev–Trinajstić information content (AvgIpc) is 2.37. The van der Waals surface area contributed by atoms with Crippen LogP contribution in [0.3, 0.4) is 0 Å². The number of nitrogens with zero attached hydrogens (tertiary/aromatic N) is 1. The number of fused-ring (bicyclic) bond motifs is 1. The Labute approximate surface area is 103 Å². The van der Waals surface area contributed by atoms with E-state index in [0.29, 0.717) is 11.8 Å². The van der Waals surface area contributed by atoms with Crippen LogP contribution in [0.5, 0.6) is 0 Å². The molecule has 2 atom stereocenters. The molecule has 0 aliphatic carbocycles. The summed E-state index contributed by atoms with van der Waals surface area (Å²) in [5.41, 5.74) is 1.35. The van der Waals surface area contributed by atoms with Gasteiger partial charge in [0.2, 0.25) is 0 Å². The van der Waals surface area contributed by atoms with Crippen molar-refractivity contribution in [2.45, 2.75) is 19.8 Å². The molecule has 0 spiro atoms. The van der Waals surface area contributed by atoms with Gasteiger partial charge in [-0.2, -0.15) is 0 Å². The van der Waals surface area contributed by atoms with Gasteiger partial charge in [0.05, 0.1) is 0 Å². The van der Waals surface area contributed by atoms with Crippen molar-refractivity contribution in [1.82, 2.24) is 10.3 Å². The molecule has 0 aliphatic heterocycles. The van der Waals surface area contributed by atoms with Gasteiger partial charge in [0.15, 0.2) is 0 Å². The first kappa shape index (κ1) is 12.1. The highest BCUT2D eigenvalue weighted by Crippen LogP contribution is 2.29. The molecule has 0 radical (unpaired) electrons. The van der Waals surface area contributed by atoms with E-state index >= 15 is 0 Å². The quantitative estimate of drug-likeness (QED) is 0.869. The zero-order valence-corrected chi connectivity index (χ0v) is 10.8. The van der Waals surface area contributed by atoms with Crippen LogP contribution in [-0.2, 0) is 0 Å². The van der Waals surface area contributed by atoms with Crippen LogP contribution in [0.4, 0.5) is 0 Å². The molecule has 1 heterocycles. The number of rotatable bonds is 4. The van der Waals surface area contributed by atoms with Crippen molar-refractivity contribution < 1.29 is 0 Å². The van der Waals surface area contributed by atoms with E-state index in [1.54, 1.807) is 0 Å². The molecule has 2 heteroatoms. The predicted molar refractivity (Wildman–Crippen MR) is 73.2 cm³/mol. The molecule has 0 bridgehead atoms. The molecular formula is C15H20N2. The van der Waals surface area contributed by atoms with E-state index in [1.165, 1.54) is 16.3 Å². The zero-order valence-electron chi connectivity index (χ0n) is 10.8. The molecule has 1 aromatic heterocycles. The Morgan fingerprint density at radius 3 is 2.71 bits per heavy atom. The Balaban J connectivity index is 2.41. The average molecular weight is 228 g/mol. The number of benzene rings is 1. The number of nitrogens with one attached hydrogen (secondary N) is 1. The van der Waals surface area contributed by atoms with Crippen molar-refractivity contribution in [1.29, 1.82) is 0 Å². The highest BCUT2D eigenvalue weighted by molar-refractivity contribution is 5.85. The first-order chi connectivity index (χ1) is 8.24. The summed E-state index contributed by atoms with van der Waals surface area (Å²) in [5.74, 6) is 1.12. The van der Waals surface area contributed by atoms with Gasteiger partial charge < -0.3 is 5.32 Å². The maximum Gasteiger partial charge on any atom is 0.0346 e. The van der Waals surface area contributed by atoms with Crippen molar-refractivity contribution in [3.05, 3.63) is 42.2 Å². The number of pyridine rings is 1. The summed E-state index contributed by atoms with van der Waals surface area (Å²) in [6, 6.07) is 8.48. The van der Waals surface area contributed by atoms with Gasteiger partial charge in [-0.05, 0) is 36.4 Å². The van der Waals surface area contributed by atoms with E-state index in [9.17, 15) is 0 Å². The number of hydrogen-bond donors (Lipinski definition) is 1. The molecule has 2 rings (SSSR count). The second-order valence-electron chi connectivity index (χ2n) is 4.77. The molecule has 1 N–H and O–H groups in total. The molecule has 90 valence electrons. The van der Waals surface area contributed by atoms with Crippen LogP contribution in [-0.4, -0.2) is 18.6 Å². The molecule has 2 unspecified atom stereocenters. The lowest BCUT2D eigenvalue weighted by Gasteiger charge is -2.21. The summed E-state index contributed by atoms with van der Waals surface area (Å²) in [7, 11) is 2.00. The maximum absolute atomic E-state index is 4.36. The summed E-state index contributed by atoms with van der Waals surface area (Å²) in [6.07, 6.45) is 3.95. The fourth-order valence-electron chi connectivity index (χ4n) is 2.31. The lowest BCUT2D eigenvalue weighted by atomic mass is 9.87. The van der Waals surface area contributed by atoms with Crippen LogP contribution in [0.1, 0.15) is 25.3 Å². The lowest BCUT2D eigenvalue weighted by Crippen LogP contribution is -2.21. The monoisotopic (exact) mass is 228 g/mol. The smallest absolute Gasteiger partial charge is 0.0346 e. The first-order valence-corrected chi connectivity index (χ1v) is 6.21. The Morgan fingerprint density at radius 2 is 1.94 bits per heavy atom. The van der Waals surface area contributed by atoms with Crippen LogP contribution in [0.2, 0.25) is 0 Å². The fourth-order valence-corrected chi connectivity index (χ4v) is 2.31. The fraction of sp³-hybridized carbons (Fsp3) is 0.400. The van der Waals surface area contributed by atoms with Crippen LogP contribution in [0.25, 0.3) is 10.8 Å². The molecule has 0 amide bonds. The number of aromatic nitrogens is 1. The van der Waals surface area contributed by atoms with Crippen molar-refractivity contribution in [3.8, 4) is 0 Å². The van der Waals surface area contributed by atoms with Gasteiger partial charge in [-0.25, -0.2) is 0 Å². The summed E-state index contributed by atoms with van der Waals surface area (Å²) >= 11 is 0. The third-order valence-corrected chi connectivity index (χ3v) is 3.57. The van der Waals surface area contributed by atoms with Gasteiger partial charge in [-0.1, -0.05) is 38.1 Å². The van der Waals surface area contributed by atoms with E-state index in [-0.39, 0.29) is 0 Å². The Kier molecular flexibility index (Phi) is 3.75. The first-order valence-electron chi connectivity index (χ1n) is 6.21. The highest BCUT2D eigenvalue weighted by Gasteiger charge is 2.16. The molecule has 0 saturated heterocycles. The Bertz CT molecular complexity index is 488. The second-order valence-corrected chi connectivity index (χ2v) is 4.77. The minimum Gasteiger partial charge on any atom is -0.319 e. The molecule has 0 saturated carbocycles. The minimum atomic E-state index is 0.515. The van der Waals surface area contributed by atoms with Gasteiger partial charge in [0.25, 0.3) is 0 Å². The van der Waals surface area contributed by atoms with Crippen molar-refractivity contribution in [2.75, 3.05) is 13.6 Å².